The molecule has 0 N–H and O–H groups in total. The number of ether oxygens (including phenoxy) is 1. The molecule has 2 rings (SSSR count). The Morgan fingerprint density at radius 1 is 1.50 bits per heavy atom. The van der Waals surface area contributed by atoms with Crippen LogP contribution >= 0.6 is 27.3 Å². The van der Waals surface area contributed by atoms with Crippen LogP contribution in [0.2, 0.25) is 0 Å². The van der Waals surface area contributed by atoms with E-state index in [4.69, 9.17) is 4.74 Å². The fraction of sp³-hybridized carbons (Fsp3) is 0.182. The Labute approximate surface area is 105 Å². The molecule has 0 saturated heterocycles. The van der Waals surface area contributed by atoms with Gasteiger partial charge in [-0.15, -0.1) is 11.3 Å². The molecule has 0 fully saturated rings. The van der Waals surface area contributed by atoms with Crippen molar-refractivity contribution in [2.45, 2.75) is 6.92 Å². The maximum Gasteiger partial charge on any atom is 0.165 e. The van der Waals surface area contributed by atoms with Gasteiger partial charge in [-0.2, -0.15) is 0 Å². The van der Waals surface area contributed by atoms with Crippen LogP contribution in [0.5, 0.6) is 5.75 Å². The van der Waals surface area contributed by atoms with Gasteiger partial charge in [0.15, 0.2) is 15.5 Å². The van der Waals surface area contributed by atoms with E-state index < -0.39 is 0 Å². The Kier molecular flexibility index (Phi) is 3.56. The number of nitrogens with zero attached hydrogens (tertiary/aromatic N) is 1. The summed E-state index contributed by atoms with van der Waals surface area (Å²) in [6.45, 7) is 2.28. The number of rotatable bonds is 3. The highest BCUT2D eigenvalue weighted by Gasteiger charge is 2.08. The molecule has 1 aromatic heterocycles. The van der Waals surface area contributed by atoms with Gasteiger partial charge in [0.25, 0.3) is 0 Å². The molecular formula is C11H9BrFNOS. The molecule has 5 heteroatoms. The van der Waals surface area contributed by atoms with E-state index in [2.05, 4.69) is 20.9 Å². The summed E-state index contributed by atoms with van der Waals surface area (Å²) in [5.74, 6) is -0.0796. The van der Waals surface area contributed by atoms with Crippen LogP contribution < -0.4 is 4.74 Å². The van der Waals surface area contributed by atoms with E-state index in [-0.39, 0.29) is 11.6 Å². The van der Waals surface area contributed by atoms with E-state index >= 15 is 0 Å². The standard InChI is InChI=1S/C11H9BrFNOS/c1-2-15-10-4-3-7(5-8(10)13)9-6-16-11(12)14-9/h3-6H,2H2,1H3. The average molecular weight is 302 g/mol. The summed E-state index contributed by atoms with van der Waals surface area (Å²) in [6.07, 6.45) is 0. The van der Waals surface area contributed by atoms with E-state index in [1.807, 2.05) is 12.3 Å². The van der Waals surface area contributed by atoms with Gasteiger partial charge >= 0.3 is 0 Å². The van der Waals surface area contributed by atoms with Crippen molar-refractivity contribution in [1.29, 1.82) is 0 Å². The molecular weight excluding hydrogens is 293 g/mol. The minimum Gasteiger partial charge on any atom is -0.491 e. The molecule has 0 aliphatic carbocycles. The van der Waals surface area contributed by atoms with Crippen molar-refractivity contribution >= 4 is 27.3 Å². The zero-order valence-electron chi connectivity index (χ0n) is 8.54. The molecule has 0 saturated carbocycles. The monoisotopic (exact) mass is 301 g/mol. The molecule has 0 spiro atoms. The summed E-state index contributed by atoms with van der Waals surface area (Å²) >= 11 is 4.75. The highest BCUT2D eigenvalue weighted by Crippen LogP contribution is 2.28. The van der Waals surface area contributed by atoms with Crippen LogP contribution in [0.15, 0.2) is 27.5 Å². The first-order valence-electron chi connectivity index (χ1n) is 4.74. The number of hydrogen-bond donors (Lipinski definition) is 0. The predicted molar refractivity (Wildman–Crippen MR) is 66.4 cm³/mol. The number of benzene rings is 1. The van der Waals surface area contributed by atoms with Crippen molar-refractivity contribution in [3.8, 4) is 17.0 Å². The third-order valence-corrected chi connectivity index (χ3v) is 3.37. The molecule has 0 amide bonds. The van der Waals surface area contributed by atoms with Crippen molar-refractivity contribution < 1.29 is 9.13 Å². The molecule has 1 aromatic carbocycles. The molecule has 0 bridgehead atoms. The van der Waals surface area contributed by atoms with Crippen molar-refractivity contribution in [1.82, 2.24) is 4.98 Å². The van der Waals surface area contributed by atoms with E-state index in [0.717, 1.165) is 15.2 Å². The van der Waals surface area contributed by atoms with Crippen LogP contribution in [0.25, 0.3) is 11.3 Å². The lowest BCUT2D eigenvalue weighted by Gasteiger charge is -2.05. The van der Waals surface area contributed by atoms with Crippen LogP contribution in [-0.4, -0.2) is 11.6 Å². The van der Waals surface area contributed by atoms with Gasteiger partial charge in [-0.05, 0) is 41.1 Å². The topological polar surface area (TPSA) is 22.1 Å². The molecule has 0 atom stereocenters. The normalized spacial score (nSPS) is 10.4. The molecule has 16 heavy (non-hydrogen) atoms. The molecule has 2 aromatic rings. The minimum atomic E-state index is -0.358. The zero-order valence-corrected chi connectivity index (χ0v) is 10.9. The minimum absolute atomic E-state index is 0.278. The quantitative estimate of drug-likeness (QED) is 0.851. The number of aromatic nitrogens is 1. The summed E-state index contributed by atoms with van der Waals surface area (Å²) in [6, 6.07) is 4.86. The Balaban J connectivity index is 2.34. The van der Waals surface area contributed by atoms with Gasteiger partial charge in [-0.1, -0.05) is 0 Å². The highest BCUT2D eigenvalue weighted by atomic mass is 79.9. The second kappa shape index (κ2) is 4.93. The third kappa shape index (κ3) is 2.41. The lowest BCUT2D eigenvalue weighted by molar-refractivity contribution is 0.321. The van der Waals surface area contributed by atoms with Gasteiger partial charge in [0.1, 0.15) is 0 Å². The van der Waals surface area contributed by atoms with E-state index in [9.17, 15) is 4.39 Å². The van der Waals surface area contributed by atoms with Crippen LogP contribution in [0.4, 0.5) is 4.39 Å². The lowest BCUT2D eigenvalue weighted by Crippen LogP contribution is -1.94. The fourth-order valence-corrected chi connectivity index (χ4v) is 2.34. The zero-order chi connectivity index (χ0) is 11.5. The van der Waals surface area contributed by atoms with Gasteiger partial charge in [0.05, 0.1) is 12.3 Å². The average Bonchev–Trinajstić information content (AvgIpc) is 2.68. The highest BCUT2D eigenvalue weighted by molar-refractivity contribution is 9.11. The largest absolute Gasteiger partial charge is 0.491 e. The van der Waals surface area contributed by atoms with Crippen LogP contribution in [0.1, 0.15) is 6.92 Å². The summed E-state index contributed by atoms with van der Waals surface area (Å²) in [4.78, 5) is 4.23. The second-order valence-corrected chi connectivity index (χ2v) is 5.20. The predicted octanol–water partition coefficient (Wildman–Crippen LogP) is 4.11. The van der Waals surface area contributed by atoms with Gasteiger partial charge in [-0.25, -0.2) is 9.37 Å². The summed E-state index contributed by atoms with van der Waals surface area (Å²) in [5.41, 5.74) is 1.52. The van der Waals surface area contributed by atoms with Crippen molar-refractivity contribution in [2.24, 2.45) is 0 Å². The van der Waals surface area contributed by atoms with Crippen molar-refractivity contribution in [3.05, 3.63) is 33.3 Å². The smallest absolute Gasteiger partial charge is 0.165 e. The van der Waals surface area contributed by atoms with E-state index in [1.54, 1.807) is 12.1 Å². The second-order valence-electron chi connectivity index (χ2n) is 3.06. The SMILES string of the molecule is CCOc1ccc(-c2csc(Br)n2)cc1F. The van der Waals surface area contributed by atoms with E-state index in [0.29, 0.717) is 6.61 Å². The molecule has 0 aliphatic heterocycles. The Morgan fingerprint density at radius 3 is 2.88 bits per heavy atom. The Bertz CT molecular complexity index is 500. The van der Waals surface area contributed by atoms with Crippen molar-refractivity contribution in [2.75, 3.05) is 6.61 Å². The summed E-state index contributed by atoms with van der Waals surface area (Å²) in [5, 5.41) is 1.87. The molecule has 0 unspecified atom stereocenters. The van der Waals surface area contributed by atoms with Gasteiger partial charge in [0, 0.05) is 10.9 Å². The van der Waals surface area contributed by atoms with Crippen LogP contribution in [0, 0.1) is 5.82 Å². The number of halogens is 2. The maximum absolute atomic E-state index is 13.6. The summed E-state index contributed by atoms with van der Waals surface area (Å²) < 4.78 is 19.5. The van der Waals surface area contributed by atoms with Crippen LogP contribution in [-0.2, 0) is 0 Å². The lowest BCUT2D eigenvalue weighted by atomic mass is 10.1. The van der Waals surface area contributed by atoms with E-state index in [1.165, 1.54) is 17.4 Å². The first-order chi connectivity index (χ1) is 7.70. The third-order valence-electron chi connectivity index (χ3n) is 2.00. The first-order valence-corrected chi connectivity index (χ1v) is 6.41. The number of hydrogen-bond acceptors (Lipinski definition) is 3. The molecule has 0 radical (unpaired) electrons. The van der Waals surface area contributed by atoms with Crippen LogP contribution in [0.3, 0.4) is 0 Å². The Morgan fingerprint density at radius 2 is 2.31 bits per heavy atom. The first kappa shape index (κ1) is 11.5. The molecule has 1 heterocycles. The summed E-state index contributed by atoms with van der Waals surface area (Å²) in [7, 11) is 0. The van der Waals surface area contributed by atoms with Gasteiger partial charge in [0.2, 0.25) is 0 Å². The Hall–Kier alpha value is -0.940. The van der Waals surface area contributed by atoms with Gasteiger partial charge < -0.3 is 4.74 Å². The van der Waals surface area contributed by atoms with Gasteiger partial charge in [-0.3, -0.25) is 0 Å². The fourth-order valence-electron chi connectivity index (χ4n) is 1.32. The molecule has 2 nitrogen and oxygen atoms in total. The van der Waals surface area contributed by atoms with Crippen molar-refractivity contribution in [3.63, 3.8) is 0 Å². The molecule has 0 aliphatic rings. The number of thiazole rings is 1. The molecule has 84 valence electrons. The maximum atomic E-state index is 13.6.